The van der Waals surface area contributed by atoms with Crippen LogP contribution in [-0.4, -0.2) is 17.7 Å². The Bertz CT molecular complexity index is 1110. The normalized spacial score (nSPS) is 18.6. The highest BCUT2D eigenvalue weighted by Crippen LogP contribution is 2.43. The number of ether oxygens (including phenoxy) is 2. The van der Waals surface area contributed by atoms with E-state index in [9.17, 15) is 9.90 Å². The topological polar surface area (TPSA) is 55.8 Å². The molecule has 5 heteroatoms. The predicted molar refractivity (Wildman–Crippen MR) is 122 cm³/mol. The first-order valence-corrected chi connectivity index (χ1v) is 10.9. The van der Waals surface area contributed by atoms with E-state index in [1.165, 1.54) is 11.8 Å². The van der Waals surface area contributed by atoms with Crippen LogP contribution in [0.3, 0.4) is 0 Å². The second kappa shape index (κ2) is 8.90. The van der Waals surface area contributed by atoms with Crippen molar-refractivity contribution in [1.29, 1.82) is 0 Å². The molecule has 3 aromatic carbocycles. The van der Waals surface area contributed by atoms with E-state index in [0.29, 0.717) is 5.75 Å². The van der Waals surface area contributed by atoms with Crippen LogP contribution in [-0.2, 0) is 15.1 Å². The summed E-state index contributed by atoms with van der Waals surface area (Å²) < 4.78 is 12.0. The van der Waals surface area contributed by atoms with Gasteiger partial charge in [-0.2, -0.15) is 0 Å². The number of aliphatic hydroxyl groups excluding tert-OH is 1. The van der Waals surface area contributed by atoms with E-state index in [-0.39, 0.29) is 23.7 Å². The van der Waals surface area contributed by atoms with Crippen LogP contribution in [0.1, 0.15) is 23.1 Å². The average molecular weight is 433 g/mol. The van der Waals surface area contributed by atoms with E-state index in [1.54, 1.807) is 0 Å². The van der Waals surface area contributed by atoms with Crippen molar-refractivity contribution in [3.8, 4) is 5.75 Å². The Labute approximate surface area is 186 Å². The summed E-state index contributed by atoms with van der Waals surface area (Å²) in [5.41, 5.74) is 1.80. The Morgan fingerprint density at radius 1 is 1.00 bits per heavy atom. The monoisotopic (exact) mass is 432 g/mol. The van der Waals surface area contributed by atoms with Crippen molar-refractivity contribution in [3.05, 3.63) is 106 Å². The lowest BCUT2D eigenvalue weighted by Gasteiger charge is -2.37. The molecule has 3 aromatic rings. The number of benzene rings is 3. The number of hydrogen-bond donors (Lipinski definition) is 1. The summed E-state index contributed by atoms with van der Waals surface area (Å²) in [5, 5.41) is 11.0. The smallest absolute Gasteiger partial charge is 0.349 e. The lowest BCUT2D eigenvalue weighted by Crippen LogP contribution is -2.42. The first kappa shape index (κ1) is 21.1. The highest BCUT2D eigenvalue weighted by atomic mass is 32.2. The zero-order valence-corrected chi connectivity index (χ0v) is 18.3. The number of hydrogen-bond acceptors (Lipinski definition) is 5. The number of para-hydroxylation sites is 1. The molecule has 0 bridgehead atoms. The van der Waals surface area contributed by atoms with Crippen LogP contribution in [0.4, 0.5) is 0 Å². The molecular formula is C26H24O4S. The zero-order chi connectivity index (χ0) is 21.8. The molecule has 0 radical (unpaired) electrons. The molecule has 1 aliphatic heterocycles. The van der Waals surface area contributed by atoms with Crippen molar-refractivity contribution < 1.29 is 19.4 Å². The van der Waals surface area contributed by atoms with Crippen LogP contribution < -0.4 is 4.74 Å². The van der Waals surface area contributed by atoms with E-state index < -0.39 is 11.6 Å². The maximum absolute atomic E-state index is 13.1. The molecule has 4 rings (SSSR count). The van der Waals surface area contributed by atoms with Gasteiger partial charge in [0, 0.05) is 4.90 Å². The van der Waals surface area contributed by atoms with Crippen LogP contribution in [0, 0.1) is 13.8 Å². The van der Waals surface area contributed by atoms with Crippen molar-refractivity contribution in [2.75, 3.05) is 6.61 Å². The molecule has 1 heterocycles. The SMILES string of the molecule is Cc1ccc(C)c(SC2=C(O)CC(COc3ccccc3)(c3ccccc3)OC2=O)c1. The fourth-order valence-electron chi connectivity index (χ4n) is 3.54. The molecule has 0 spiro atoms. The van der Waals surface area contributed by atoms with Gasteiger partial charge in [0.05, 0.1) is 6.42 Å². The number of carbonyl (C=O) groups is 1. The molecule has 4 nitrogen and oxygen atoms in total. The largest absolute Gasteiger partial charge is 0.511 e. The number of aryl methyl sites for hydroxylation is 2. The minimum atomic E-state index is -1.11. The van der Waals surface area contributed by atoms with Crippen molar-refractivity contribution in [3.63, 3.8) is 0 Å². The van der Waals surface area contributed by atoms with Crippen molar-refractivity contribution in [1.82, 2.24) is 0 Å². The van der Waals surface area contributed by atoms with Crippen LogP contribution in [0.15, 0.2) is 94.4 Å². The lowest BCUT2D eigenvalue weighted by atomic mass is 9.88. The number of esters is 1. The Morgan fingerprint density at radius 2 is 1.68 bits per heavy atom. The molecule has 1 N–H and O–H groups in total. The summed E-state index contributed by atoms with van der Waals surface area (Å²) >= 11 is 1.25. The van der Waals surface area contributed by atoms with Gasteiger partial charge in [0.2, 0.25) is 0 Å². The number of carbonyl (C=O) groups excluding carboxylic acids is 1. The van der Waals surface area contributed by atoms with Gasteiger partial charge >= 0.3 is 5.97 Å². The van der Waals surface area contributed by atoms with Gasteiger partial charge in [0.15, 0.2) is 5.60 Å². The molecule has 0 saturated heterocycles. The van der Waals surface area contributed by atoms with Crippen LogP contribution in [0.5, 0.6) is 5.75 Å². The van der Waals surface area contributed by atoms with Crippen LogP contribution in [0.25, 0.3) is 0 Å². The Balaban J connectivity index is 1.66. The highest BCUT2D eigenvalue weighted by molar-refractivity contribution is 8.04. The summed E-state index contributed by atoms with van der Waals surface area (Å²) in [5.74, 6) is 0.144. The molecule has 0 aromatic heterocycles. The summed E-state index contributed by atoms with van der Waals surface area (Å²) in [4.78, 5) is 14.2. The van der Waals surface area contributed by atoms with Gasteiger partial charge in [-0.15, -0.1) is 0 Å². The Hall–Kier alpha value is -3.18. The summed E-state index contributed by atoms with van der Waals surface area (Å²) in [6.07, 6.45) is 0.142. The molecule has 158 valence electrons. The van der Waals surface area contributed by atoms with Gasteiger partial charge in [-0.3, -0.25) is 0 Å². The molecule has 0 saturated carbocycles. The third-order valence-electron chi connectivity index (χ3n) is 5.26. The number of aliphatic hydroxyl groups is 1. The van der Waals surface area contributed by atoms with E-state index >= 15 is 0 Å². The van der Waals surface area contributed by atoms with E-state index in [2.05, 4.69) is 0 Å². The standard InChI is InChI=1S/C26H24O4S/c1-18-13-14-19(2)23(15-18)31-24-22(27)16-26(30-25(24)28,20-9-5-3-6-10-20)17-29-21-11-7-4-8-12-21/h3-15,27H,16-17H2,1-2H3. The molecule has 1 aliphatic rings. The second-order valence-electron chi connectivity index (χ2n) is 7.68. The third kappa shape index (κ3) is 4.62. The highest BCUT2D eigenvalue weighted by Gasteiger charge is 2.44. The van der Waals surface area contributed by atoms with Crippen molar-refractivity contribution in [2.24, 2.45) is 0 Å². The minimum absolute atomic E-state index is 0.0164. The zero-order valence-electron chi connectivity index (χ0n) is 17.5. The third-order valence-corrected chi connectivity index (χ3v) is 6.53. The molecule has 31 heavy (non-hydrogen) atoms. The van der Waals surface area contributed by atoms with E-state index in [4.69, 9.17) is 9.47 Å². The second-order valence-corrected chi connectivity index (χ2v) is 8.73. The summed E-state index contributed by atoms with van der Waals surface area (Å²) in [6, 6.07) is 24.8. The molecule has 0 fully saturated rings. The molecule has 1 atom stereocenters. The van der Waals surface area contributed by atoms with Gasteiger partial charge in [-0.1, -0.05) is 72.4 Å². The fourth-order valence-corrected chi connectivity index (χ4v) is 4.55. The number of cyclic esters (lactones) is 1. The molecule has 1 unspecified atom stereocenters. The predicted octanol–water partition coefficient (Wildman–Crippen LogP) is 6.09. The van der Waals surface area contributed by atoms with Crippen molar-refractivity contribution in [2.45, 2.75) is 30.8 Å². The summed E-state index contributed by atoms with van der Waals surface area (Å²) in [6.45, 7) is 4.08. The van der Waals surface area contributed by atoms with Gasteiger partial charge in [0.25, 0.3) is 0 Å². The quantitative estimate of drug-likeness (QED) is 0.478. The molecular weight excluding hydrogens is 408 g/mol. The van der Waals surface area contributed by atoms with E-state index in [1.807, 2.05) is 92.7 Å². The maximum atomic E-state index is 13.1. The molecule has 0 amide bonds. The Morgan fingerprint density at radius 3 is 2.35 bits per heavy atom. The fraction of sp³-hybridized carbons (Fsp3) is 0.192. The number of thioether (sulfide) groups is 1. The van der Waals surface area contributed by atoms with Crippen molar-refractivity contribution >= 4 is 17.7 Å². The lowest BCUT2D eigenvalue weighted by molar-refractivity contribution is -0.163. The first-order chi connectivity index (χ1) is 15.0. The Kier molecular flexibility index (Phi) is 6.05. The molecule has 0 aliphatic carbocycles. The summed E-state index contributed by atoms with van der Waals surface area (Å²) in [7, 11) is 0. The van der Waals surface area contributed by atoms with Gasteiger partial charge < -0.3 is 14.6 Å². The van der Waals surface area contributed by atoms with Gasteiger partial charge in [0.1, 0.15) is 23.0 Å². The average Bonchev–Trinajstić information content (AvgIpc) is 2.78. The van der Waals surface area contributed by atoms with Crippen LogP contribution in [0.2, 0.25) is 0 Å². The first-order valence-electron chi connectivity index (χ1n) is 10.1. The van der Waals surface area contributed by atoms with E-state index in [0.717, 1.165) is 21.6 Å². The van der Waals surface area contributed by atoms with Gasteiger partial charge in [-0.25, -0.2) is 4.79 Å². The van der Waals surface area contributed by atoms with Gasteiger partial charge in [-0.05, 0) is 48.7 Å². The minimum Gasteiger partial charge on any atom is -0.511 e. The number of rotatable bonds is 6. The van der Waals surface area contributed by atoms with Crippen LogP contribution >= 0.6 is 11.8 Å². The maximum Gasteiger partial charge on any atom is 0.349 e.